The monoisotopic (exact) mass is 388 g/mol. The minimum absolute atomic E-state index is 0.509. The summed E-state index contributed by atoms with van der Waals surface area (Å²) in [5, 5.41) is 21.4. The van der Waals surface area contributed by atoms with Crippen LogP contribution in [0.15, 0.2) is 24.3 Å². The fourth-order valence-electron chi connectivity index (χ4n) is 3.71. The van der Waals surface area contributed by atoms with Gasteiger partial charge in [-0.2, -0.15) is 0 Å². The lowest BCUT2D eigenvalue weighted by atomic mass is 9.91. The molecule has 0 spiro atoms. The van der Waals surface area contributed by atoms with E-state index in [9.17, 15) is 10.2 Å². The molecule has 0 fully saturated rings. The van der Waals surface area contributed by atoms with Crippen molar-refractivity contribution in [3.63, 3.8) is 0 Å². The maximum atomic E-state index is 10.9. The summed E-state index contributed by atoms with van der Waals surface area (Å²) < 4.78 is 0. The van der Waals surface area contributed by atoms with Crippen molar-refractivity contribution in [2.45, 2.75) is 89.0 Å². The minimum atomic E-state index is -1.91. The Morgan fingerprint density at radius 2 is 0.962 bits per heavy atom. The number of rotatable bonds is 3. The van der Waals surface area contributed by atoms with Crippen LogP contribution in [0.1, 0.15) is 41.5 Å². The Morgan fingerprint density at radius 1 is 0.654 bits per heavy atom. The Balaban J connectivity index is 3.21. The van der Waals surface area contributed by atoms with Gasteiger partial charge in [0.25, 0.3) is 0 Å². The Bertz CT molecular complexity index is 650. The van der Waals surface area contributed by atoms with Gasteiger partial charge in [0, 0.05) is 0 Å². The highest BCUT2D eigenvalue weighted by Gasteiger charge is 2.42. The molecule has 0 heterocycles. The first kappa shape index (κ1) is 23.0. The molecule has 0 bridgehead atoms. The van der Waals surface area contributed by atoms with Crippen LogP contribution in [0.3, 0.4) is 0 Å². The lowest BCUT2D eigenvalue weighted by Gasteiger charge is -2.38. The third-order valence-corrected chi connectivity index (χ3v) is 12.3. The lowest BCUT2D eigenvalue weighted by Crippen LogP contribution is -2.44. The Kier molecular flexibility index (Phi) is 6.99. The Hall–Kier alpha value is -1.05. The molecule has 4 heteroatoms. The maximum absolute atomic E-state index is 10.9. The van der Waals surface area contributed by atoms with E-state index in [-0.39, 0.29) is 0 Å². The molecule has 0 amide bonds. The first-order valence-electron chi connectivity index (χ1n) is 9.60. The van der Waals surface area contributed by atoms with Crippen molar-refractivity contribution in [3.8, 4) is 22.9 Å². The zero-order valence-electron chi connectivity index (χ0n) is 17.9. The third-order valence-electron chi connectivity index (χ3n) is 5.17. The number of aliphatic hydroxyl groups is 2. The topological polar surface area (TPSA) is 40.5 Å². The van der Waals surface area contributed by atoms with Crippen LogP contribution >= 0.6 is 0 Å². The summed E-state index contributed by atoms with van der Waals surface area (Å²) in [5.74, 6) is 6.08. The second kappa shape index (κ2) is 7.91. The quantitative estimate of drug-likeness (QED) is 0.419. The number of hydrogen-bond donors (Lipinski definition) is 2. The maximum Gasteiger partial charge on any atom is 0.162 e. The molecule has 2 nitrogen and oxygen atoms in total. The van der Waals surface area contributed by atoms with Gasteiger partial charge in [-0.1, -0.05) is 73.0 Å². The summed E-state index contributed by atoms with van der Waals surface area (Å²) in [4.78, 5) is 0. The van der Waals surface area contributed by atoms with Crippen LogP contribution in [-0.4, -0.2) is 37.6 Å². The molecule has 0 saturated heterocycles. The first-order valence-corrected chi connectivity index (χ1v) is 15.3. The zero-order chi connectivity index (χ0) is 20.4. The van der Waals surface area contributed by atoms with Crippen molar-refractivity contribution in [2.24, 2.45) is 0 Å². The van der Waals surface area contributed by atoms with Gasteiger partial charge in [-0.25, -0.2) is 0 Å². The molecule has 0 aromatic rings. The standard InChI is InChI=1S/C22H36O2Si2/c1-18(2)26(19(3)4,20(5)6)17-15-22(24)12-10-21(23,11-13-22)14-16-25(7,8)9/h10-13,18-20,23-24H,1-9H3. The van der Waals surface area contributed by atoms with Gasteiger partial charge in [0.05, 0.1) is 0 Å². The van der Waals surface area contributed by atoms with Crippen LogP contribution in [0.5, 0.6) is 0 Å². The van der Waals surface area contributed by atoms with E-state index in [1.54, 1.807) is 24.3 Å². The highest BCUT2D eigenvalue weighted by Crippen LogP contribution is 2.41. The summed E-state index contributed by atoms with van der Waals surface area (Å²) in [5.41, 5.74) is 5.63. The van der Waals surface area contributed by atoms with Gasteiger partial charge in [-0.3, -0.25) is 0 Å². The molecule has 26 heavy (non-hydrogen) atoms. The van der Waals surface area contributed by atoms with Crippen molar-refractivity contribution < 1.29 is 10.2 Å². The van der Waals surface area contributed by atoms with Gasteiger partial charge in [0.2, 0.25) is 0 Å². The highest BCUT2D eigenvalue weighted by molar-refractivity contribution is 6.90. The van der Waals surface area contributed by atoms with Gasteiger partial charge in [0.15, 0.2) is 11.2 Å². The fourth-order valence-corrected chi connectivity index (χ4v) is 9.57. The van der Waals surface area contributed by atoms with E-state index < -0.39 is 27.3 Å². The van der Waals surface area contributed by atoms with Crippen LogP contribution in [0.4, 0.5) is 0 Å². The van der Waals surface area contributed by atoms with E-state index in [0.29, 0.717) is 16.6 Å². The SMILES string of the molecule is CC(C)[Si](C#CC1(O)C=CC(O)(C#C[Si](C)(C)C)C=C1)(C(C)C)C(C)C. The van der Waals surface area contributed by atoms with Gasteiger partial charge >= 0.3 is 0 Å². The normalized spacial score (nSPS) is 25.9. The fraction of sp³-hybridized carbons (Fsp3) is 0.636. The average molecular weight is 389 g/mol. The van der Waals surface area contributed by atoms with Crippen LogP contribution in [-0.2, 0) is 0 Å². The van der Waals surface area contributed by atoms with E-state index in [4.69, 9.17) is 0 Å². The minimum Gasteiger partial charge on any atom is -0.370 e. The summed E-state index contributed by atoms with van der Waals surface area (Å²) in [6.45, 7) is 19.9. The van der Waals surface area contributed by atoms with E-state index in [1.807, 2.05) is 0 Å². The second-order valence-electron chi connectivity index (χ2n) is 9.46. The molecule has 1 aliphatic carbocycles. The van der Waals surface area contributed by atoms with Crippen LogP contribution in [0.25, 0.3) is 0 Å². The molecule has 1 rings (SSSR count). The molecule has 1 aliphatic rings. The van der Waals surface area contributed by atoms with Gasteiger partial charge in [0.1, 0.15) is 16.1 Å². The predicted molar refractivity (Wildman–Crippen MR) is 118 cm³/mol. The average Bonchev–Trinajstić information content (AvgIpc) is 2.48. The molecule has 144 valence electrons. The molecule has 0 unspecified atom stereocenters. The Morgan fingerprint density at radius 3 is 1.23 bits per heavy atom. The molecular weight excluding hydrogens is 352 g/mol. The summed E-state index contributed by atoms with van der Waals surface area (Å²) >= 11 is 0. The van der Waals surface area contributed by atoms with Crippen molar-refractivity contribution in [3.05, 3.63) is 24.3 Å². The van der Waals surface area contributed by atoms with Crippen molar-refractivity contribution in [2.75, 3.05) is 0 Å². The largest absolute Gasteiger partial charge is 0.370 e. The Labute approximate surface area is 162 Å². The highest BCUT2D eigenvalue weighted by atomic mass is 28.3. The van der Waals surface area contributed by atoms with Crippen LogP contribution in [0, 0.1) is 22.9 Å². The van der Waals surface area contributed by atoms with Gasteiger partial charge in [-0.05, 0) is 40.9 Å². The molecule has 0 atom stereocenters. The molecule has 0 aliphatic heterocycles. The van der Waals surface area contributed by atoms with Crippen LogP contribution in [0.2, 0.25) is 36.3 Å². The predicted octanol–water partition coefficient (Wildman–Crippen LogP) is 4.68. The smallest absolute Gasteiger partial charge is 0.162 e. The van der Waals surface area contributed by atoms with E-state index in [0.717, 1.165) is 0 Å². The number of hydrogen-bond acceptors (Lipinski definition) is 2. The van der Waals surface area contributed by atoms with E-state index in [2.05, 4.69) is 84.1 Å². The zero-order valence-corrected chi connectivity index (χ0v) is 19.9. The second-order valence-corrected chi connectivity index (χ2v) is 19.8. The lowest BCUT2D eigenvalue weighted by molar-refractivity contribution is 0.170. The van der Waals surface area contributed by atoms with E-state index in [1.165, 1.54) is 0 Å². The molecular formula is C22H36O2Si2. The third kappa shape index (κ3) is 5.47. The molecule has 0 radical (unpaired) electrons. The molecule has 2 N–H and O–H groups in total. The van der Waals surface area contributed by atoms with Gasteiger partial charge in [-0.15, -0.1) is 11.1 Å². The first-order chi connectivity index (χ1) is 11.7. The van der Waals surface area contributed by atoms with Gasteiger partial charge < -0.3 is 10.2 Å². The molecule has 0 aromatic carbocycles. The molecule has 0 aromatic heterocycles. The van der Waals surface area contributed by atoms with Crippen LogP contribution < -0.4 is 0 Å². The summed E-state index contributed by atoms with van der Waals surface area (Å²) in [7, 11) is -3.48. The summed E-state index contributed by atoms with van der Waals surface area (Å²) in [6, 6.07) is 0. The van der Waals surface area contributed by atoms with Crippen molar-refractivity contribution >= 4 is 16.1 Å². The molecule has 0 saturated carbocycles. The summed E-state index contributed by atoms with van der Waals surface area (Å²) in [6.07, 6.45) is 6.30. The van der Waals surface area contributed by atoms with E-state index >= 15 is 0 Å². The van der Waals surface area contributed by atoms with Crippen molar-refractivity contribution in [1.82, 2.24) is 0 Å². The van der Waals surface area contributed by atoms with Crippen molar-refractivity contribution in [1.29, 1.82) is 0 Å².